The quantitative estimate of drug-likeness (QED) is 0.793. The third-order valence-electron chi connectivity index (χ3n) is 2.57. The summed E-state index contributed by atoms with van der Waals surface area (Å²) in [5.74, 6) is 0.443. The normalized spacial score (nSPS) is 14.6. The molecule has 0 atom stereocenters. The van der Waals surface area contributed by atoms with E-state index in [2.05, 4.69) is 5.32 Å². The van der Waals surface area contributed by atoms with E-state index in [0.29, 0.717) is 28.9 Å². The number of rotatable bonds is 5. The predicted molar refractivity (Wildman–Crippen MR) is 68.0 cm³/mol. The lowest BCUT2D eigenvalue weighted by Gasteiger charge is -2.08. The Morgan fingerprint density at radius 3 is 3.00 bits per heavy atom. The summed E-state index contributed by atoms with van der Waals surface area (Å²) in [6, 6.07) is 4.95. The molecular formula is C12H15ClN2O2. The minimum Gasteiger partial charge on any atom is -0.397 e. The van der Waals surface area contributed by atoms with Gasteiger partial charge >= 0.3 is 0 Å². The minimum absolute atomic E-state index is 0.0580. The number of halogens is 1. The van der Waals surface area contributed by atoms with E-state index >= 15 is 0 Å². The number of hydrogen-bond acceptors (Lipinski definition) is 3. The maximum atomic E-state index is 11.5. The van der Waals surface area contributed by atoms with E-state index in [1.807, 2.05) is 0 Å². The Labute approximate surface area is 105 Å². The van der Waals surface area contributed by atoms with E-state index in [-0.39, 0.29) is 12.5 Å². The maximum absolute atomic E-state index is 11.5. The van der Waals surface area contributed by atoms with Gasteiger partial charge in [0.25, 0.3) is 0 Å². The predicted octanol–water partition coefficient (Wildman–Crippen LogP) is 2.29. The topological polar surface area (TPSA) is 64.3 Å². The highest BCUT2D eigenvalue weighted by atomic mass is 35.5. The monoisotopic (exact) mass is 254 g/mol. The van der Waals surface area contributed by atoms with E-state index in [9.17, 15) is 4.79 Å². The van der Waals surface area contributed by atoms with E-state index in [0.717, 1.165) is 0 Å². The lowest BCUT2D eigenvalue weighted by atomic mass is 10.2. The number of anilines is 2. The molecule has 1 saturated carbocycles. The molecule has 5 heteroatoms. The molecule has 0 heterocycles. The number of carbonyl (C=O) groups is 1. The molecule has 1 aliphatic carbocycles. The van der Waals surface area contributed by atoms with Gasteiger partial charge in [-0.1, -0.05) is 11.6 Å². The average Bonchev–Trinajstić information content (AvgIpc) is 3.07. The molecule has 17 heavy (non-hydrogen) atoms. The number of carbonyl (C=O) groups excluding carboxylic acids is 1. The van der Waals surface area contributed by atoms with Crippen molar-refractivity contribution < 1.29 is 9.53 Å². The van der Waals surface area contributed by atoms with Crippen LogP contribution in [0.25, 0.3) is 0 Å². The van der Waals surface area contributed by atoms with E-state index in [1.54, 1.807) is 18.2 Å². The van der Waals surface area contributed by atoms with Crippen molar-refractivity contribution in [2.75, 3.05) is 24.3 Å². The van der Waals surface area contributed by atoms with Crippen LogP contribution < -0.4 is 11.1 Å². The zero-order chi connectivity index (χ0) is 12.3. The zero-order valence-electron chi connectivity index (χ0n) is 9.41. The Balaban J connectivity index is 1.81. The van der Waals surface area contributed by atoms with Crippen LogP contribution in [-0.4, -0.2) is 19.1 Å². The first-order valence-corrected chi connectivity index (χ1v) is 5.95. The molecule has 0 saturated heterocycles. The van der Waals surface area contributed by atoms with Crippen LogP contribution in [0.15, 0.2) is 18.2 Å². The summed E-state index contributed by atoms with van der Waals surface area (Å²) in [7, 11) is 0. The Kier molecular flexibility index (Phi) is 3.86. The first-order valence-electron chi connectivity index (χ1n) is 5.58. The van der Waals surface area contributed by atoms with Gasteiger partial charge in [0.2, 0.25) is 5.91 Å². The highest BCUT2D eigenvalue weighted by Gasteiger charge is 2.21. The number of benzene rings is 1. The van der Waals surface area contributed by atoms with E-state index < -0.39 is 0 Å². The number of amides is 1. The summed E-state index contributed by atoms with van der Waals surface area (Å²) < 4.78 is 5.28. The smallest absolute Gasteiger partial charge is 0.250 e. The SMILES string of the molecule is Nc1ccc(Cl)cc1NC(=O)COCC1CC1. The Morgan fingerprint density at radius 2 is 2.29 bits per heavy atom. The number of ether oxygens (including phenoxy) is 1. The summed E-state index contributed by atoms with van der Waals surface area (Å²) in [6.07, 6.45) is 2.42. The first kappa shape index (κ1) is 12.2. The van der Waals surface area contributed by atoms with Gasteiger partial charge in [-0.3, -0.25) is 4.79 Å². The third-order valence-corrected chi connectivity index (χ3v) is 2.81. The van der Waals surface area contributed by atoms with Crippen LogP contribution in [0.3, 0.4) is 0 Å². The molecule has 1 amide bonds. The van der Waals surface area contributed by atoms with Crippen LogP contribution in [0, 0.1) is 5.92 Å². The van der Waals surface area contributed by atoms with Gasteiger partial charge < -0.3 is 15.8 Å². The Hall–Kier alpha value is -1.26. The summed E-state index contributed by atoms with van der Waals surface area (Å²) >= 11 is 5.82. The van der Waals surface area contributed by atoms with Gasteiger partial charge in [-0.25, -0.2) is 0 Å². The zero-order valence-corrected chi connectivity index (χ0v) is 10.2. The summed E-state index contributed by atoms with van der Waals surface area (Å²) in [5.41, 5.74) is 6.73. The molecule has 1 fully saturated rings. The number of nitrogens with two attached hydrogens (primary N) is 1. The van der Waals surface area contributed by atoms with Crippen molar-refractivity contribution in [3.8, 4) is 0 Å². The lowest BCUT2D eigenvalue weighted by Crippen LogP contribution is -2.19. The first-order chi connectivity index (χ1) is 8.15. The standard InChI is InChI=1S/C12H15ClN2O2/c13-9-3-4-10(14)11(5-9)15-12(16)7-17-6-8-1-2-8/h3-5,8H,1-2,6-7,14H2,(H,15,16). The molecule has 1 aromatic rings. The Morgan fingerprint density at radius 1 is 1.53 bits per heavy atom. The lowest BCUT2D eigenvalue weighted by molar-refractivity contribution is -0.120. The van der Waals surface area contributed by atoms with Crippen LogP contribution in [0.1, 0.15) is 12.8 Å². The largest absolute Gasteiger partial charge is 0.397 e. The van der Waals surface area contributed by atoms with Crippen LogP contribution in [0.4, 0.5) is 11.4 Å². The Bertz CT molecular complexity index is 419. The summed E-state index contributed by atoms with van der Waals surface area (Å²) in [4.78, 5) is 11.5. The molecular weight excluding hydrogens is 240 g/mol. The van der Waals surface area contributed by atoms with Crippen molar-refractivity contribution in [3.63, 3.8) is 0 Å². The van der Waals surface area contributed by atoms with Gasteiger partial charge in [0, 0.05) is 5.02 Å². The van der Waals surface area contributed by atoms with Crippen LogP contribution >= 0.6 is 11.6 Å². The van der Waals surface area contributed by atoms with Crippen molar-refractivity contribution in [2.45, 2.75) is 12.8 Å². The molecule has 0 aliphatic heterocycles. The maximum Gasteiger partial charge on any atom is 0.250 e. The van der Waals surface area contributed by atoms with Crippen LogP contribution in [-0.2, 0) is 9.53 Å². The molecule has 0 radical (unpaired) electrons. The fraction of sp³-hybridized carbons (Fsp3) is 0.417. The molecule has 1 aliphatic rings. The van der Waals surface area contributed by atoms with Crippen LogP contribution in [0.5, 0.6) is 0 Å². The highest BCUT2D eigenvalue weighted by Crippen LogP contribution is 2.28. The number of hydrogen-bond donors (Lipinski definition) is 2. The van der Waals surface area contributed by atoms with Gasteiger partial charge in [-0.2, -0.15) is 0 Å². The molecule has 0 bridgehead atoms. The fourth-order valence-electron chi connectivity index (χ4n) is 1.43. The molecule has 4 nitrogen and oxygen atoms in total. The summed E-state index contributed by atoms with van der Waals surface area (Å²) in [5, 5.41) is 3.21. The second kappa shape index (κ2) is 5.38. The van der Waals surface area contributed by atoms with Gasteiger partial charge in [-0.05, 0) is 37.0 Å². The van der Waals surface area contributed by atoms with E-state index in [4.69, 9.17) is 22.1 Å². The van der Waals surface area contributed by atoms with Gasteiger partial charge in [-0.15, -0.1) is 0 Å². The third kappa shape index (κ3) is 3.91. The van der Waals surface area contributed by atoms with Gasteiger partial charge in [0.05, 0.1) is 18.0 Å². The average molecular weight is 255 g/mol. The molecule has 2 rings (SSSR count). The highest BCUT2D eigenvalue weighted by molar-refractivity contribution is 6.31. The van der Waals surface area contributed by atoms with Crippen molar-refractivity contribution in [2.24, 2.45) is 5.92 Å². The summed E-state index contributed by atoms with van der Waals surface area (Å²) in [6.45, 7) is 0.723. The second-order valence-electron chi connectivity index (χ2n) is 4.24. The van der Waals surface area contributed by atoms with Crippen molar-refractivity contribution >= 4 is 28.9 Å². The molecule has 3 N–H and O–H groups in total. The van der Waals surface area contributed by atoms with Gasteiger partial charge in [0.1, 0.15) is 6.61 Å². The molecule has 0 spiro atoms. The molecule has 0 aromatic heterocycles. The fourth-order valence-corrected chi connectivity index (χ4v) is 1.60. The molecule has 92 valence electrons. The number of nitrogens with one attached hydrogen (secondary N) is 1. The second-order valence-corrected chi connectivity index (χ2v) is 4.67. The van der Waals surface area contributed by atoms with Gasteiger partial charge in [0.15, 0.2) is 0 Å². The van der Waals surface area contributed by atoms with Crippen LogP contribution in [0.2, 0.25) is 5.02 Å². The molecule has 1 aromatic carbocycles. The number of nitrogen functional groups attached to an aromatic ring is 1. The van der Waals surface area contributed by atoms with E-state index in [1.165, 1.54) is 12.8 Å². The van der Waals surface area contributed by atoms with Crippen molar-refractivity contribution in [3.05, 3.63) is 23.2 Å². The molecule has 0 unspecified atom stereocenters. The minimum atomic E-state index is -0.209. The van der Waals surface area contributed by atoms with Crippen molar-refractivity contribution in [1.29, 1.82) is 0 Å². The van der Waals surface area contributed by atoms with Crippen molar-refractivity contribution in [1.82, 2.24) is 0 Å².